The number of benzene rings is 2. The average Bonchev–Trinajstić information content (AvgIpc) is 2.69. The van der Waals surface area contributed by atoms with Gasteiger partial charge in [0, 0.05) is 23.8 Å². The summed E-state index contributed by atoms with van der Waals surface area (Å²) in [6, 6.07) is 8.27. The Balaban J connectivity index is 1.89. The molecule has 2 aromatic rings. The van der Waals surface area contributed by atoms with Crippen molar-refractivity contribution in [2.45, 2.75) is 26.2 Å². The minimum atomic E-state index is -0.813. The van der Waals surface area contributed by atoms with Crippen molar-refractivity contribution in [3.8, 4) is 17.2 Å². The molecule has 0 spiro atoms. The predicted molar refractivity (Wildman–Crippen MR) is 106 cm³/mol. The van der Waals surface area contributed by atoms with Crippen LogP contribution in [0.3, 0.4) is 0 Å². The van der Waals surface area contributed by atoms with Crippen molar-refractivity contribution in [2.24, 2.45) is 5.10 Å². The Bertz CT molecular complexity index is 927. The first-order valence-electron chi connectivity index (χ1n) is 8.84. The van der Waals surface area contributed by atoms with Crippen molar-refractivity contribution in [3.63, 3.8) is 0 Å². The fraction of sp³-hybridized carbons (Fsp3) is 0.300. The number of methoxy groups -OCH3 is 2. The van der Waals surface area contributed by atoms with Crippen LogP contribution < -0.4 is 20.0 Å². The highest BCUT2D eigenvalue weighted by Gasteiger charge is 2.12. The molecular formula is C20H22N3O6-. The van der Waals surface area contributed by atoms with Crippen LogP contribution in [0.4, 0.5) is 5.69 Å². The van der Waals surface area contributed by atoms with E-state index in [-0.39, 0.29) is 23.6 Å². The lowest BCUT2D eigenvalue weighted by Crippen LogP contribution is -2.17. The second kappa shape index (κ2) is 10.1. The molecule has 2 aromatic carbocycles. The third-order valence-electron chi connectivity index (χ3n) is 4.21. The van der Waals surface area contributed by atoms with E-state index in [1.54, 1.807) is 7.11 Å². The van der Waals surface area contributed by atoms with Crippen LogP contribution in [0.15, 0.2) is 35.4 Å². The van der Waals surface area contributed by atoms with Gasteiger partial charge in [0.1, 0.15) is 11.5 Å². The van der Waals surface area contributed by atoms with Gasteiger partial charge in [-0.25, -0.2) is 5.43 Å². The van der Waals surface area contributed by atoms with E-state index in [4.69, 9.17) is 9.47 Å². The lowest BCUT2D eigenvalue weighted by atomic mass is 10.1. The molecule has 0 atom stereocenters. The second-order valence-electron chi connectivity index (χ2n) is 6.28. The molecule has 0 heterocycles. The number of carbonyl (C=O) groups excluding carboxylic acids is 1. The molecule has 9 nitrogen and oxygen atoms in total. The molecule has 0 aliphatic heterocycles. The van der Waals surface area contributed by atoms with E-state index in [0.29, 0.717) is 6.42 Å². The number of ether oxygens (including phenoxy) is 2. The molecule has 29 heavy (non-hydrogen) atoms. The van der Waals surface area contributed by atoms with Crippen LogP contribution in [0.1, 0.15) is 29.5 Å². The van der Waals surface area contributed by atoms with Crippen LogP contribution in [0.2, 0.25) is 0 Å². The van der Waals surface area contributed by atoms with Gasteiger partial charge in [-0.3, -0.25) is 14.9 Å². The van der Waals surface area contributed by atoms with E-state index >= 15 is 0 Å². The highest BCUT2D eigenvalue weighted by molar-refractivity contribution is 5.84. The smallest absolute Gasteiger partial charge is 0.266 e. The maximum Gasteiger partial charge on any atom is 0.266 e. The van der Waals surface area contributed by atoms with E-state index in [9.17, 15) is 20.0 Å². The van der Waals surface area contributed by atoms with Gasteiger partial charge in [-0.15, -0.1) is 0 Å². The highest BCUT2D eigenvalue weighted by Crippen LogP contribution is 2.33. The van der Waals surface area contributed by atoms with E-state index in [1.807, 2.05) is 25.1 Å². The normalized spacial score (nSPS) is 10.7. The summed E-state index contributed by atoms with van der Waals surface area (Å²) in [7, 11) is 2.86. The maximum absolute atomic E-state index is 11.9. The Morgan fingerprint density at radius 1 is 1.21 bits per heavy atom. The summed E-state index contributed by atoms with van der Waals surface area (Å²) in [5, 5.41) is 26.5. The zero-order valence-electron chi connectivity index (χ0n) is 16.4. The number of hydrogen-bond acceptors (Lipinski definition) is 7. The number of nitro benzene ring substituents is 1. The summed E-state index contributed by atoms with van der Waals surface area (Å²) < 4.78 is 10.1. The van der Waals surface area contributed by atoms with Crippen LogP contribution in [0, 0.1) is 17.0 Å². The first-order valence-corrected chi connectivity index (χ1v) is 8.84. The third kappa shape index (κ3) is 5.93. The topological polar surface area (TPSA) is 126 Å². The number of nitrogens with zero attached hydrogens (tertiary/aromatic N) is 2. The maximum atomic E-state index is 11.9. The summed E-state index contributed by atoms with van der Waals surface area (Å²) in [6.45, 7) is 1.96. The summed E-state index contributed by atoms with van der Waals surface area (Å²) in [5.74, 6) is -0.440. The molecule has 9 heteroatoms. The lowest BCUT2D eigenvalue weighted by molar-refractivity contribution is -0.398. The number of nitrogens with one attached hydrogen (secondary N) is 1. The fourth-order valence-electron chi connectivity index (χ4n) is 2.75. The quantitative estimate of drug-likeness (QED) is 0.391. The van der Waals surface area contributed by atoms with Gasteiger partial charge in [0.2, 0.25) is 5.91 Å². The van der Waals surface area contributed by atoms with Gasteiger partial charge >= 0.3 is 0 Å². The third-order valence-corrected chi connectivity index (χ3v) is 4.21. The molecule has 154 valence electrons. The Morgan fingerprint density at radius 3 is 2.55 bits per heavy atom. The molecule has 1 N–H and O–H groups in total. The monoisotopic (exact) mass is 400 g/mol. The molecule has 0 saturated carbocycles. The fourth-order valence-corrected chi connectivity index (χ4v) is 2.75. The van der Waals surface area contributed by atoms with Gasteiger partial charge in [-0.1, -0.05) is 12.1 Å². The van der Waals surface area contributed by atoms with E-state index < -0.39 is 16.4 Å². The van der Waals surface area contributed by atoms with Gasteiger partial charge in [0.25, 0.3) is 5.69 Å². The summed E-state index contributed by atoms with van der Waals surface area (Å²) >= 11 is 0. The molecule has 0 unspecified atom stereocenters. The molecule has 0 aliphatic rings. The summed E-state index contributed by atoms with van der Waals surface area (Å²) in [4.78, 5) is 22.1. The lowest BCUT2D eigenvalue weighted by Gasteiger charge is -2.12. The number of rotatable bonds is 9. The Hall–Kier alpha value is -3.62. The predicted octanol–water partition coefficient (Wildman–Crippen LogP) is 2.47. The number of hydrazone groups is 1. The number of hydrogen-bond donors (Lipinski definition) is 1. The van der Waals surface area contributed by atoms with Crippen molar-refractivity contribution >= 4 is 17.8 Å². The number of aryl methyl sites for hydroxylation is 2. The van der Waals surface area contributed by atoms with Crippen LogP contribution in [-0.4, -0.2) is 31.3 Å². The minimum absolute atomic E-state index is 0.165. The molecule has 2 rings (SSSR count). The number of carbonyl (C=O) groups is 1. The molecule has 0 radical (unpaired) electrons. The molecular weight excluding hydrogens is 378 g/mol. The van der Waals surface area contributed by atoms with E-state index in [1.165, 1.54) is 19.4 Å². The first kappa shape index (κ1) is 21.7. The zero-order valence-corrected chi connectivity index (χ0v) is 16.4. The Labute approximate surface area is 168 Å². The zero-order chi connectivity index (χ0) is 21.4. The van der Waals surface area contributed by atoms with Crippen molar-refractivity contribution in [2.75, 3.05) is 14.2 Å². The molecule has 0 aromatic heterocycles. The SMILES string of the molecule is COc1ccc(CCCC(=O)N/N=C\c2cc(OC)c([O-])c([N+](=O)[O-])c2)cc1C. The molecule has 0 saturated heterocycles. The second-order valence-corrected chi connectivity index (χ2v) is 6.28. The molecule has 1 amide bonds. The number of nitro groups is 1. The minimum Gasteiger partial charge on any atom is -0.865 e. The number of amides is 1. The van der Waals surface area contributed by atoms with Crippen LogP contribution in [0.5, 0.6) is 17.2 Å². The van der Waals surface area contributed by atoms with Gasteiger partial charge in [-0.2, -0.15) is 5.10 Å². The Kier molecular flexibility index (Phi) is 7.53. The standard InChI is InChI=1S/C20H23N3O6/c1-13-9-14(7-8-17(13)28-2)5-4-6-19(24)22-21-12-15-10-16(23(26)27)20(25)18(11-15)29-3/h7-12,25H,4-6H2,1-3H3,(H,22,24)/p-1/b21-12-. The van der Waals surface area contributed by atoms with Crippen LogP contribution >= 0.6 is 0 Å². The first-order chi connectivity index (χ1) is 13.8. The summed E-state index contributed by atoms with van der Waals surface area (Å²) in [6.07, 6.45) is 2.86. The van der Waals surface area contributed by atoms with Crippen molar-refractivity contribution in [3.05, 3.63) is 57.1 Å². The van der Waals surface area contributed by atoms with E-state index in [0.717, 1.165) is 29.4 Å². The van der Waals surface area contributed by atoms with Crippen molar-refractivity contribution in [1.29, 1.82) is 0 Å². The molecule has 0 bridgehead atoms. The summed E-state index contributed by atoms with van der Waals surface area (Å²) in [5.41, 5.74) is 4.16. The van der Waals surface area contributed by atoms with Gasteiger partial charge < -0.3 is 14.6 Å². The van der Waals surface area contributed by atoms with Gasteiger partial charge in [-0.05, 0) is 43.0 Å². The molecule has 0 aliphatic carbocycles. The highest BCUT2D eigenvalue weighted by atomic mass is 16.6. The largest absolute Gasteiger partial charge is 0.865 e. The van der Waals surface area contributed by atoms with Crippen molar-refractivity contribution < 1.29 is 24.3 Å². The molecule has 0 fully saturated rings. The van der Waals surface area contributed by atoms with E-state index in [2.05, 4.69) is 10.5 Å². The average molecular weight is 400 g/mol. The Morgan fingerprint density at radius 2 is 1.93 bits per heavy atom. The van der Waals surface area contributed by atoms with Crippen LogP contribution in [0.25, 0.3) is 0 Å². The van der Waals surface area contributed by atoms with Gasteiger partial charge in [0.15, 0.2) is 0 Å². The van der Waals surface area contributed by atoms with Crippen molar-refractivity contribution in [1.82, 2.24) is 5.43 Å². The van der Waals surface area contributed by atoms with Gasteiger partial charge in [0.05, 0.1) is 25.4 Å². The van der Waals surface area contributed by atoms with Crippen LogP contribution in [-0.2, 0) is 11.2 Å².